The third-order valence-electron chi connectivity index (χ3n) is 6.55. The molecule has 1 aliphatic rings. The molecule has 1 fully saturated rings. The van der Waals surface area contributed by atoms with Crippen LogP contribution in [0, 0.1) is 0 Å². The molecule has 3 aromatic carbocycles. The number of amides is 3. The van der Waals surface area contributed by atoms with E-state index in [0.717, 1.165) is 41.2 Å². The molecule has 2 atom stereocenters. The van der Waals surface area contributed by atoms with Crippen molar-refractivity contribution in [3.8, 4) is 0 Å². The summed E-state index contributed by atoms with van der Waals surface area (Å²) < 4.78 is 5.35. The van der Waals surface area contributed by atoms with Crippen molar-refractivity contribution >= 4 is 34.4 Å². The maximum Gasteiger partial charge on any atom is 0.408 e. The van der Waals surface area contributed by atoms with E-state index in [9.17, 15) is 14.4 Å². The summed E-state index contributed by atoms with van der Waals surface area (Å²) in [6, 6.07) is 19.7. The molecule has 38 heavy (non-hydrogen) atoms. The highest BCUT2D eigenvalue weighted by molar-refractivity contribution is 6.00. The van der Waals surface area contributed by atoms with Gasteiger partial charge in [0.05, 0.1) is 0 Å². The van der Waals surface area contributed by atoms with Gasteiger partial charge < -0.3 is 20.3 Å². The number of fused-ring (bicyclic) bond motifs is 1. The predicted octanol–water partition coefficient (Wildman–Crippen LogP) is 5.99. The van der Waals surface area contributed by atoms with Crippen LogP contribution < -0.4 is 10.6 Å². The van der Waals surface area contributed by atoms with Crippen molar-refractivity contribution in [2.24, 2.45) is 0 Å². The molecule has 2 unspecified atom stereocenters. The Hall–Kier alpha value is -3.87. The zero-order valence-electron chi connectivity index (χ0n) is 22.8. The van der Waals surface area contributed by atoms with Gasteiger partial charge in [-0.2, -0.15) is 0 Å². The van der Waals surface area contributed by atoms with Crippen molar-refractivity contribution in [2.75, 3.05) is 5.32 Å². The first-order valence-electron chi connectivity index (χ1n) is 13.3. The van der Waals surface area contributed by atoms with E-state index in [4.69, 9.17) is 4.74 Å². The lowest BCUT2D eigenvalue weighted by Gasteiger charge is -2.34. The van der Waals surface area contributed by atoms with Crippen LogP contribution in [-0.2, 0) is 20.7 Å². The average molecular weight is 516 g/mol. The molecule has 3 amide bonds. The van der Waals surface area contributed by atoms with Crippen molar-refractivity contribution in [3.63, 3.8) is 0 Å². The highest BCUT2D eigenvalue weighted by Gasteiger charge is 2.43. The van der Waals surface area contributed by atoms with Gasteiger partial charge in [-0.25, -0.2) is 4.79 Å². The number of rotatable bonds is 8. The zero-order valence-corrected chi connectivity index (χ0v) is 22.8. The van der Waals surface area contributed by atoms with E-state index in [-0.39, 0.29) is 17.9 Å². The van der Waals surface area contributed by atoms with E-state index < -0.39 is 23.8 Å². The molecule has 1 saturated carbocycles. The molecule has 200 valence electrons. The van der Waals surface area contributed by atoms with Crippen LogP contribution in [0.1, 0.15) is 64.6 Å². The standard InChI is InChI=1S/C31H37N3O4/c1-6-21-11-13-23(14-12-21)27(28(35)33-25-16-15-22-9-7-8-10-24(22)19-25)34(26-17-18-26)29(36)20(2)32-30(37)38-31(3,4)5/h7-16,19-20,26-27H,6,17-18H2,1-5H3,(H,32,37)(H,33,35). The Kier molecular flexibility index (Phi) is 8.05. The van der Waals surface area contributed by atoms with E-state index in [2.05, 4.69) is 17.6 Å². The summed E-state index contributed by atoms with van der Waals surface area (Å²) in [5.74, 6) is -0.620. The second kappa shape index (κ2) is 11.3. The van der Waals surface area contributed by atoms with Gasteiger partial charge in [0.2, 0.25) is 5.91 Å². The maximum atomic E-state index is 13.9. The summed E-state index contributed by atoms with van der Waals surface area (Å²) in [5, 5.41) is 7.78. The van der Waals surface area contributed by atoms with Gasteiger partial charge in [0, 0.05) is 11.7 Å². The fraction of sp³-hybridized carbons (Fsp3) is 0.387. The van der Waals surface area contributed by atoms with Crippen LogP contribution in [0.3, 0.4) is 0 Å². The average Bonchev–Trinajstić information content (AvgIpc) is 3.71. The van der Waals surface area contributed by atoms with Crippen molar-refractivity contribution in [1.29, 1.82) is 0 Å². The highest BCUT2D eigenvalue weighted by atomic mass is 16.6. The monoisotopic (exact) mass is 515 g/mol. The smallest absolute Gasteiger partial charge is 0.408 e. The molecule has 0 spiro atoms. The molecule has 3 aromatic rings. The molecule has 2 N–H and O–H groups in total. The van der Waals surface area contributed by atoms with Gasteiger partial charge in [-0.1, -0.05) is 61.5 Å². The van der Waals surface area contributed by atoms with E-state index in [1.54, 1.807) is 32.6 Å². The number of carbonyl (C=O) groups is 3. The molecule has 7 heteroatoms. The van der Waals surface area contributed by atoms with Crippen LogP contribution in [0.5, 0.6) is 0 Å². The predicted molar refractivity (Wildman–Crippen MR) is 150 cm³/mol. The number of aryl methyl sites for hydroxylation is 1. The number of nitrogens with one attached hydrogen (secondary N) is 2. The van der Waals surface area contributed by atoms with E-state index >= 15 is 0 Å². The second-order valence-corrected chi connectivity index (χ2v) is 10.9. The van der Waals surface area contributed by atoms with Crippen LogP contribution in [0.4, 0.5) is 10.5 Å². The Morgan fingerprint density at radius 3 is 2.24 bits per heavy atom. The Morgan fingerprint density at radius 1 is 0.974 bits per heavy atom. The lowest BCUT2D eigenvalue weighted by Crippen LogP contribution is -2.52. The van der Waals surface area contributed by atoms with E-state index in [0.29, 0.717) is 5.69 Å². The molecule has 0 radical (unpaired) electrons. The van der Waals surface area contributed by atoms with Gasteiger partial charge in [-0.3, -0.25) is 9.59 Å². The molecule has 7 nitrogen and oxygen atoms in total. The molecule has 0 bridgehead atoms. The summed E-state index contributed by atoms with van der Waals surface area (Å²) in [5.41, 5.74) is 1.84. The van der Waals surface area contributed by atoms with E-state index in [1.165, 1.54) is 0 Å². The number of anilines is 1. The SMILES string of the molecule is CCc1ccc(C(C(=O)Nc2ccc3ccccc3c2)N(C(=O)C(C)NC(=O)OC(C)(C)C)C2CC2)cc1. The van der Waals surface area contributed by atoms with Crippen molar-refractivity contribution in [3.05, 3.63) is 77.9 Å². The quantitative estimate of drug-likeness (QED) is 0.386. The number of nitrogens with zero attached hydrogens (tertiary/aromatic N) is 1. The number of hydrogen-bond acceptors (Lipinski definition) is 4. The Balaban J connectivity index is 1.64. The van der Waals surface area contributed by atoms with Gasteiger partial charge in [0.25, 0.3) is 5.91 Å². The summed E-state index contributed by atoms with van der Waals surface area (Å²) in [6.07, 6.45) is 1.81. The van der Waals surface area contributed by atoms with Crippen LogP contribution >= 0.6 is 0 Å². The Bertz CT molecular complexity index is 1310. The highest BCUT2D eigenvalue weighted by Crippen LogP contribution is 2.36. The van der Waals surface area contributed by atoms with Gasteiger partial charge in [0.15, 0.2) is 0 Å². The van der Waals surface area contributed by atoms with Gasteiger partial charge in [-0.05, 0) is 81.0 Å². The molecule has 4 rings (SSSR count). The molecule has 0 saturated heterocycles. The molecule has 0 heterocycles. The van der Waals surface area contributed by atoms with Crippen LogP contribution in [0.2, 0.25) is 0 Å². The third kappa shape index (κ3) is 6.71. The van der Waals surface area contributed by atoms with Gasteiger partial charge >= 0.3 is 6.09 Å². The number of alkyl carbamates (subject to hydrolysis) is 1. The summed E-state index contributed by atoms with van der Waals surface area (Å²) >= 11 is 0. The first-order valence-corrected chi connectivity index (χ1v) is 13.3. The fourth-order valence-electron chi connectivity index (χ4n) is 4.49. The van der Waals surface area contributed by atoms with Crippen LogP contribution in [-0.4, -0.2) is 40.5 Å². The van der Waals surface area contributed by atoms with Crippen molar-refractivity contribution < 1.29 is 19.1 Å². The normalized spacial score (nSPS) is 14.9. The summed E-state index contributed by atoms with van der Waals surface area (Å²) in [7, 11) is 0. The fourth-order valence-corrected chi connectivity index (χ4v) is 4.49. The first-order chi connectivity index (χ1) is 18.1. The minimum Gasteiger partial charge on any atom is -0.444 e. The third-order valence-corrected chi connectivity index (χ3v) is 6.55. The minimum absolute atomic E-state index is 0.0800. The van der Waals surface area contributed by atoms with Crippen molar-refractivity contribution in [2.45, 2.75) is 77.6 Å². The maximum absolute atomic E-state index is 13.9. The van der Waals surface area contributed by atoms with Crippen LogP contribution in [0.25, 0.3) is 10.8 Å². The van der Waals surface area contributed by atoms with Crippen LogP contribution in [0.15, 0.2) is 66.7 Å². The molecule has 0 aromatic heterocycles. The summed E-state index contributed by atoms with van der Waals surface area (Å²) in [6.45, 7) is 9.00. The molecule has 0 aliphatic heterocycles. The lowest BCUT2D eigenvalue weighted by molar-refractivity contribution is -0.141. The largest absolute Gasteiger partial charge is 0.444 e. The first kappa shape index (κ1) is 27.2. The second-order valence-electron chi connectivity index (χ2n) is 10.9. The number of hydrogen-bond donors (Lipinski definition) is 2. The zero-order chi connectivity index (χ0) is 27.4. The lowest BCUT2D eigenvalue weighted by atomic mass is 10.00. The molecular formula is C31H37N3O4. The van der Waals surface area contributed by atoms with Crippen molar-refractivity contribution in [1.82, 2.24) is 10.2 Å². The Morgan fingerprint density at radius 2 is 1.63 bits per heavy atom. The Labute approximate surface area is 224 Å². The summed E-state index contributed by atoms with van der Waals surface area (Å²) in [4.78, 5) is 41.7. The molecule has 1 aliphatic carbocycles. The minimum atomic E-state index is -0.865. The van der Waals surface area contributed by atoms with E-state index in [1.807, 2.05) is 66.7 Å². The molecular weight excluding hydrogens is 478 g/mol. The number of benzene rings is 3. The van der Waals surface area contributed by atoms with Gasteiger partial charge in [0.1, 0.15) is 17.7 Å². The van der Waals surface area contributed by atoms with Gasteiger partial charge in [-0.15, -0.1) is 0 Å². The number of carbonyl (C=O) groups excluding carboxylic acids is 3. The topological polar surface area (TPSA) is 87.7 Å². The number of ether oxygens (including phenoxy) is 1.